The molecule has 3 nitrogen and oxygen atoms in total. The van der Waals surface area contributed by atoms with Gasteiger partial charge in [0.15, 0.2) is 0 Å². The van der Waals surface area contributed by atoms with E-state index < -0.39 is 8.24 Å². The van der Waals surface area contributed by atoms with Crippen molar-refractivity contribution in [2.24, 2.45) is 14.6 Å². The fourth-order valence-corrected chi connectivity index (χ4v) is 8.88. The van der Waals surface area contributed by atoms with Gasteiger partial charge in [-0.15, -0.1) is 0 Å². The van der Waals surface area contributed by atoms with Gasteiger partial charge in [-0.05, 0) is 47.5 Å². The molecular weight excluding hydrogens is 593 g/mol. The molecule has 4 aromatic rings. The van der Waals surface area contributed by atoms with Crippen LogP contribution in [0.15, 0.2) is 130 Å². The van der Waals surface area contributed by atoms with E-state index in [9.17, 15) is 0 Å². The van der Waals surface area contributed by atoms with E-state index in [1.165, 1.54) is 32.3 Å². The van der Waals surface area contributed by atoms with Crippen molar-refractivity contribution in [3.8, 4) is 0 Å². The van der Waals surface area contributed by atoms with Gasteiger partial charge in [-0.3, -0.25) is 9.98 Å². The zero-order valence-corrected chi connectivity index (χ0v) is 26.3. The van der Waals surface area contributed by atoms with E-state index in [2.05, 4.69) is 130 Å². The Morgan fingerprint density at radius 2 is 1.18 bits per heavy atom. The zero-order chi connectivity index (χ0) is 28.4. The molecule has 0 radical (unpaired) electrons. The Morgan fingerprint density at radius 1 is 0.725 bits per heavy atom. The standard InChI is InChI=1S/C33H31N3Si.2ClH.Fe/c1-25-21-26(2)33(27(3)22-25)34-23-28-19-20-29(36-28)24-35-37(30-13-7-4-8-14-30,31-15-9-5-10-16-31)32-17-11-6-12-18-32;;;/h4-19,21-24H,20H2,1-3H3;2*1H;/q;;;+2/p-2/b34-23?,35-24+;;;. The Kier molecular flexibility index (Phi) is 10.9. The number of hydrogen-bond donors (Lipinski definition) is 0. The van der Waals surface area contributed by atoms with Gasteiger partial charge in [0.05, 0.1) is 23.3 Å². The van der Waals surface area contributed by atoms with Crippen LogP contribution in [0.4, 0.5) is 5.69 Å². The summed E-state index contributed by atoms with van der Waals surface area (Å²) < 4.78 is 5.44. The number of aliphatic imine (C=N–C) groups is 2. The maximum atomic E-state index is 5.44. The quantitative estimate of drug-likeness (QED) is 0.119. The number of benzene rings is 4. The molecule has 40 heavy (non-hydrogen) atoms. The van der Waals surface area contributed by atoms with Crippen LogP contribution in [0.5, 0.6) is 0 Å². The molecule has 0 amide bonds. The Bertz CT molecular complexity index is 1420. The minimum atomic E-state index is -2.67. The van der Waals surface area contributed by atoms with Crippen LogP contribution in [0, 0.1) is 20.8 Å². The van der Waals surface area contributed by atoms with Crippen LogP contribution in [-0.4, -0.2) is 26.4 Å². The zero-order valence-electron chi connectivity index (χ0n) is 22.7. The van der Waals surface area contributed by atoms with E-state index in [4.69, 9.17) is 34.8 Å². The predicted octanol–water partition coefficient (Wildman–Crippen LogP) is 7.16. The second kappa shape index (κ2) is 14.5. The van der Waals surface area contributed by atoms with Gasteiger partial charge in [-0.25, -0.2) is 0 Å². The molecule has 0 unspecified atom stereocenters. The van der Waals surface area contributed by atoms with E-state index in [-0.39, 0.29) is 13.1 Å². The van der Waals surface area contributed by atoms with Gasteiger partial charge in [0.25, 0.3) is 8.24 Å². The van der Waals surface area contributed by atoms with Crippen molar-refractivity contribution in [1.29, 1.82) is 0 Å². The van der Waals surface area contributed by atoms with Crippen molar-refractivity contribution in [2.75, 3.05) is 0 Å². The molecule has 5 rings (SSSR count). The Morgan fingerprint density at radius 3 is 1.62 bits per heavy atom. The molecule has 0 fully saturated rings. The van der Waals surface area contributed by atoms with Gasteiger partial charge in [0.2, 0.25) is 0 Å². The average molecular weight is 624 g/mol. The SMILES string of the molecule is Cc1cc(C)c(N=CC2=CCC(/C=N/[Si](c3ccccc3)(c3ccccc3)c3ccccc3)=N2)c(C)c1.[Cl][Fe][Cl]. The monoisotopic (exact) mass is 623 g/mol. The first kappa shape index (κ1) is 29.9. The topological polar surface area (TPSA) is 37.1 Å². The van der Waals surface area contributed by atoms with Crippen LogP contribution in [0.25, 0.3) is 0 Å². The molecule has 204 valence electrons. The third-order valence-corrected chi connectivity index (χ3v) is 10.8. The van der Waals surface area contributed by atoms with Crippen molar-refractivity contribution in [2.45, 2.75) is 27.2 Å². The van der Waals surface area contributed by atoms with Crippen molar-refractivity contribution in [3.05, 3.63) is 132 Å². The molecule has 0 spiro atoms. The molecule has 0 aliphatic carbocycles. The molecule has 4 aromatic carbocycles. The third kappa shape index (κ3) is 7.17. The first-order chi connectivity index (χ1) is 19.5. The number of halogens is 2. The van der Waals surface area contributed by atoms with Gasteiger partial charge in [-0.2, -0.15) is 0 Å². The van der Waals surface area contributed by atoms with Crippen LogP contribution in [0.2, 0.25) is 0 Å². The first-order valence-corrected chi connectivity index (χ1v) is 17.9. The summed E-state index contributed by atoms with van der Waals surface area (Å²) in [7, 11) is 6.85. The summed E-state index contributed by atoms with van der Waals surface area (Å²) in [4.78, 5) is 9.64. The van der Waals surface area contributed by atoms with Crippen LogP contribution in [-0.2, 0) is 13.1 Å². The van der Waals surface area contributed by atoms with Crippen LogP contribution in [0.1, 0.15) is 23.1 Å². The van der Waals surface area contributed by atoms with Gasteiger partial charge >= 0.3 is 33.3 Å². The fraction of sp³-hybridized carbons (Fsp3) is 0.121. The van der Waals surface area contributed by atoms with Gasteiger partial charge in [-0.1, -0.05) is 115 Å². The average Bonchev–Trinajstić information content (AvgIpc) is 3.43. The number of nitrogens with zero attached hydrogens (tertiary/aromatic N) is 3. The summed E-state index contributed by atoms with van der Waals surface area (Å²) in [5.41, 5.74) is 6.48. The molecule has 1 aliphatic heterocycles. The van der Waals surface area contributed by atoms with Crippen LogP contribution < -0.4 is 15.6 Å². The summed E-state index contributed by atoms with van der Waals surface area (Å²) in [5.74, 6) is 0. The molecule has 0 N–H and O–H groups in total. The molecular formula is C33H31Cl2FeN3Si. The Labute approximate surface area is 253 Å². The second-order valence-electron chi connectivity index (χ2n) is 9.56. The Hall–Kier alpha value is -3.05. The number of rotatable bonds is 7. The van der Waals surface area contributed by atoms with Gasteiger partial charge in [0.1, 0.15) is 0 Å². The van der Waals surface area contributed by atoms with E-state index in [0.29, 0.717) is 0 Å². The van der Waals surface area contributed by atoms with Gasteiger partial charge < -0.3 is 4.66 Å². The van der Waals surface area contributed by atoms with Crippen molar-refractivity contribution in [1.82, 2.24) is 0 Å². The molecule has 0 aromatic heterocycles. The van der Waals surface area contributed by atoms with Gasteiger partial charge in [0, 0.05) is 12.6 Å². The minimum absolute atomic E-state index is 0.194. The molecule has 0 bridgehead atoms. The van der Waals surface area contributed by atoms with E-state index in [1.54, 1.807) is 0 Å². The van der Waals surface area contributed by atoms with Crippen LogP contribution in [0.3, 0.4) is 0 Å². The molecule has 1 heterocycles. The van der Waals surface area contributed by atoms with Crippen LogP contribution >= 0.6 is 20.2 Å². The summed E-state index contributed by atoms with van der Waals surface area (Å²) in [6.07, 6.45) is 6.75. The van der Waals surface area contributed by atoms with Crippen molar-refractivity contribution < 1.29 is 13.1 Å². The van der Waals surface area contributed by atoms with Crippen molar-refractivity contribution >= 4 is 67.8 Å². The predicted molar refractivity (Wildman–Crippen MR) is 173 cm³/mol. The first-order valence-electron chi connectivity index (χ1n) is 12.9. The van der Waals surface area contributed by atoms with E-state index in [1.807, 2.05) is 12.4 Å². The number of hydrogen-bond acceptors (Lipinski definition) is 3. The molecule has 7 heteroatoms. The summed E-state index contributed by atoms with van der Waals surface area (Å²) >= 11 is 0.194. The summed E-state index contributed by atoms with van der Waals surface area (Å²) in [6.45, 7) is 6.34. The fourth-order valence-electron chi connectivity index (χ4n) is 5.07. The number of allylic oxidation sites excluding steroid dienone is 2. The molecule has 0 atom stereocenters. The third-order valence-electron chi connectivity index (χ3n) is 6.74. The van der Waals surface area contributed by atoms with Crippen molar-refractivity contribution in [3.63, 3.8) is 0 Å². The number of aryl methyl sites for hydroxylation is 3. The molecule has 1 aliphatic rings. The Balaban J connectivity index is 0.00000118. The van der Waals surface area contributed by atoms with E-state index >= 15 is 0 Å². The summed E-state index contributed by atoms with van der Waals surface area (Å²) in [6, 6.07) is 36.5. The summed E-state index contributed by atoms with van der Waals surface area (Å²) in [5, 5.41) is 3.76. The normalized spacial score (nSPS) is 13.3. The van der Waals surface area contributed by atoms with E-state index in [0.717, 1.165) is 23.5 Å². The molecule has 0 saturated carbocycles. The molecule has 0 saturated heterocycles. The maximum absolute atomic E-state index is 5.44. The second-order valence-corrected chi connectivity index (χ2v) is 14.8.